The summed E-state index contributed by atoms with van der Waals surface area (Å²) in [6, 6.07) is 0. The molecule has 0 amide bonds. The van der Waals surface area contributed by atoms with Gasteiger partial charge in [0, 0.05) is 0 Å². The summed E-state index contributed by atoms with van der Waals surface area (Å²) in [4.78, 5) is 4.64. The molecular weight excluding hydrogens is 299 g/mol. The van der Waals surface area contributed by atoms with Crippen molar-refractivity contribution in [3.8, 4) is 0 Å². The number of hydrogen-bond acceptors (Lipinski definition) is 2. The van der Waals surface area contributed by atoms with Crippen molar-refractivity contribution in [2.24, 2.45) is 0 Å². The third-order valence-electron chi connectivity index (χ3n) is 3.30. The molecule has 0 spiro atoms. The second kappa shape index (κ2) is 9.78. The molecule has 3 heteroatoms. The second-order valence-corrected chi connectivity index (χ2v) is 17.3. The quantitative estimate of drug-likeness (QED) is 0.641. The van der Waals surface area contributed by atoms with E-state index in [-0.39, 0.29) is 0 Å². The first-order valence-electron chi connectivity index (χ1n) is 6.73. The zero-order valence-electron chi connectivity index (χ0n) is 12.3. The topological polar surface area (TPSA) is 6.48 Å². The Morgan fingerprint density at radius 2 is 1.19 bits per heavy atom. The Labute approximate surface area is 111 Å². The maximum atomic E-state index is 2.46. The van der Waals surface area contributed by atoms with Gasteiger partial charge in [0.1, 0.15) is 0 Å². The summed E-state index contributed by atoms with van der Waals surface area (Å²) < 4.78 is 4.25. The Balaban J connectivity index is 3.71. The van der Waals surface area contributed by atoms with Gasteiger partial charge in [-0.25, -0.2) is 0 Å². The van der Waals surface area contributed by atoms with Crippen molar-refractivity contribution in [3.63, 3.8) is 0 Å². The number of nitrogens with zero attached hydrogens (tertiary/aromatic N) is 2. The summed E-state index contributed by atoms with van der Waals surface area (Å²) in [5.74, 6) is 0. The molecule has 0 rings (SSSR count). The summed E-state index contributed by atoms with van der Waals surface area (Å²) in [5, 5.41) is 0. The molecule has 2 nitrogen and oxygen atoms in total. The summed E-state index contributed by atoms with van der Waals surface area (Å²) >= 11 is -1.19. The maximum absolute atomic E-state index is 2.46. The van der Waals surface area contributed by atoms with Crippen LogP contribution < -0.4 is 0 Å². The van der Waals surface area contributed by atoms with Crippen molar-refractivity contribution in [1.82, 2.24) is 9.80 Å². The molecule has 0 atom stereocenters. The van der Waals surface area contributed by atoms with Gasteiger partial charge in [-0.15, -0.1) is 0 Å². The third kappa shape index (κ3) is 9.98. The van der Waals surface area contributed by atoms with Gasteiger partial charge in [0.25, 0.3) is 0 Å². The van der Waals surface area contributed by atoms with E-state index in [4.69, 9.17) is 0 Å². The monoisotopic (exact) mass is 330 g/mol. The first-order valence-corrected chi connectivity index (χ1v) is 13.3. The average molecular weight is 330 g/mol. The second-order valence-electron chi connectivity index (χ2n) is 5.90. The molecule has 0 saturated carbocycles. The predicted molar refractivity (Wildman–Crippen MR) is 76.8 cm³/mol. The van der Waals surface area contributed by atoms with Crippen LogP contribution in [0.1, 0.15) is 26.7 Å². The fraction of sp³-hybridized carbons (Fsp3) is 1.00. The zero-order valence-corrected chi connectivity index (χ0v) is 15.6. The molecule has 0 saturated heterocycles. The zero-order chi connectivity index (χ0) is 12.6. The predicted octanol–water partition coefficient (Wildman–Crippen LogP) is 2.79. The molecule has 0 aliphatic carbocycles. The Morgan fingerprint density at radius 3 is 1.44 bits per heavy atom. The van der Waals surface area contributed by atoms with Gasteiger partial charge in [0.2, 0.25) is 0 Å². The van der Waals surface area contributed by atoms with Gasteiger partial charge in [0.15, 0.2) is 0 Å². The fourth-order valence-corrected chi connectivity index (χ4v) is 10.8. The first kappa shape index (κ1) is 16.8. The van der Waals surface area contributed by atoms with E-state index >= 15 is 0 Å². The van der Waals surface area contributed by atoms with Crippen LogP contribution in [-0.4, -0.2) is 72.5 Å². The normalized spacial score (nSPS) is 11.8. The molecule has 0 aromatic heterocycles. The molecule has 96 valence electrons. The van der Waals surface area contributed by atoms with Crippen LogP contribution in [-0.2, 0) is 0 Å². The summed E-state index contributed by atoms with van der Waals surface area (Å²) in [6.45, 7) is 7.50. The molecule has 0 radical (unpaired) electrons. The van der Waals surface area contributed by atoms with Crippen LogP contribution >= 0.6 is 0 Å². The van der Waals surface area contributed by atoms with E-state index in [1.807, 2.05) is 0 Å². The van der Waals surface area contributed by atoms with E-state index in [1.54, 1.807) is 8.35 Å². The van der Waals surface area contributed by atoms with Crippen LogP contribution in [0.4, 0.5) is 0 Å². The number of rotatable bonds is 9. The minimum absolute atomic E-state index is 1.05. The molecule has 0 bridgehead atoms. The third-order valence-corrected chi connectivity index (χ3v) is 15.2. The molecule has 0 fully saturated rings. The summed E-state index contributed by atoms with van der Waals surface area (Å²) in [7, 11) is 8.75. The molecule has 0 aromatic carbocycles. The molecule has 0 aliphatic rings. The van der Waals surface area contributed by atoms with Gasteiger partial charge in [-0.05, 0) is 0 Å². The van der Waals surface area contributed by atoms with Gasteiger partial charge in [-0.3, -0.25) is 0 Å². The van der Waals surface area contributed by atoms with Gasteiger partial charge in [-0.2, -0.15) is 0 Å². The standard InChI is InChI=1S/2C5H12N.C3H7.In/c2*1-4-5-6(2)3;1-3-2;/h2*1,4-5H2,2-3H3;3H,1-2H3;. The molecule has 0 aliphatic heterocycles. The molecular formula is C13H31InN2. The van der Waals surface area contributed by atoms with E-state index in [0.717, 1.165) is 3.67 Å². The van der Waals surface area contributed by atoms with Gasteiger partial charge >= 0.3 is 111 Å². The fourth-order valence-electron chi connectivity index (χ4n) is 2.15. The Morgan fingerprint density at radius 1 is 0.812 bits per heavy atom. The van der Waals surface area contributed by atoms with Gasteiger partial charge in [-0.1, -0.05) is 0 Å². The van der Waals surface area contributed by atoms with Crippen LogP contribution in [0.5, 0.6) is 0 Å². The van der Waals surface area contributed by atoms with Crippen LogP contribution in [0.15, 0.2) is 0 Å². The molecule has 0 heterocycles. The van der Waals surface area contributed by atoms with E-state index in [0.29, 0.717) is 0 Å². The van der Waals surface area contributed by atoms with Crippen molar-refractivity contribution in [2.75, 3.05) is 41.3 Å². The van der Waals surface area contributed by atoms with Gasteiger partial charge < -0.3 is 0 Å². The summed E-state index contributed by atoms with van der Waals surface area (Å²) in [5.41, 5.74) is 0. The SMILES string of the molecule is C[CH](C)[In]([CH2]CCN(C)C)[CH2]CCN(C)C. The van der Waals surface area contributed by atoms with Crippen molar-refractivity contribution in [1.29, 1.82) is 0 Å². The van der Waals surface area contributed by atoms with Gasteiger partial charge in [0.05, 0.1) is 0 Å². The Bertz CT molecular complexity index is 144. The van der Waals surface area contributed by atoms with Crippen molar-refractivity contribution in [3.05, 3.63) is 0 Å². The van der Waals surface area contributed by atoms with Crippen molar-refractivity contribution >= 4 is 21.4 Å². The van der Waals surface area contributed by atoms with Crippen LogP contribution in [0.2, 0.25) is 12.0 Å². The Hall–Kier alpha value is 0.790. The van der Waals surface area contributed by atoms with E-state index in [1.165, 1.54) is 25.9 Å². The number of hydrogen-bond donors (Lipinski definition) is 0. The molecule has 0 N–H and O–H groups in total. The van der Waals surface area contributed by atoms with Crippen LogP contribution in [0.25, 0.3) is 0 Å². The molecule has 0 aromatic rings. The van der Waals surface area contributed by atoms with Crippen molar-refractivity contribution < 1.29 is 0 Å². The average Bonchev–Trinajstić information content (AvgIpc) is 2.14. The molecule has 16 heavy (non-hydrogen) atoms. The van der Waals surface area contributed by atoms with Crippen LogP contribution in [0.3, 0.4) is 0 Å². The van der Waals surface area contributed by atoms with Crippen molar-refractivity contribution in [2.45, 2.75) is 38.7 Å². The molecule has 0 unspecified atom stereocenters. The summed E-state index contributed by atoms with van der Waals surface area (Å²) in [6.07, 6.45) is 2.88. The first-order chi connectivity index (χ1) is 7.43. The minimum atomic E-state index is -1.19. The van der Waals surface area contributed by atoms with E-state index in [9.17, 15) is 0 Å². The van der Waals surface area contributed by atoms with E-state index < -0.39 is 21.4 Å². The van der Waals surface area contributed by atoms with Crippen LogP contribution in [0, 0.1) is 0 Å². The van der Waals surface area contributed by atoms with E-state index in [2.05, 4.69) is 51.8 Å². The Kier molecular flexibility index (Phi) is 10.3.